The van der Waals surface area contributed by atoms with Crippen LogP contribution in [-0.4, -0.2) is 34.9 Å². The van der Waals surface area contributed by atoms with E-state index in [9.17, 15) is 5.11 Å². The van der Waals surface area contributed by atoms with Crippen molar-refractivity contribution in [2.45, 2.75) is 57.1 Å². The summed E-state index contributed by atoms with van der Waals surface area (Å²) in [5.74, 6) is 2.71. The number of benzene rings is 1. The highest BCUT2D eigenvalue weighted by Gasteiger charge is 2.26. The molecule has 0 aliphatic heterocycles. The van der Waals surface area contributed by atoms with Crippen molar-refractivity contribution in [1.82, 2.24) is 15.5 Å². The van der Waals surface area contributed by atoms with Crippen molar-refractivity contribution in [2.75, 3.05) is 13.7 Å². The van der Waals surface area contributed by atoms with Crippen LogP contribution in [0.5, 0.6) is 5.75 Å². The fourth-order valence-electron chi connectivity index (χ4n) is 3.37. The van der Waals surface area contributed by atoms with Gasteiger partial charge in [0.2, 0.25) is 5.89 Å². The average Bonchev–Trinajstić information content (AvgIpc) is 3.16. The summed E-state index contributed by atoms with van der Waals surface area (Å²) in [5, 5.41) is 17.9. The van der Waals surface area contributed by atoms with Crippen LogP contribution in [0.15, 0.2) is 28.8 Å². The minimum Gasteiger partial charge on any atom is -0.497 e. The second kappa shape index (κ2) is 8.45. The molecule has 25 heavy (non-hydrogen) atoms. The number of methoxy groups -OCH3 is 1. The van der Waals surface area contributed by atoms with Gasteiger partial charge < -0.3 is 19.7 Å². The first-order chi connectivity index (χ1) is 12.2. The summed E-state index contributed by atoms with van der Waals surface area (Å²) in [7, 11) is 1.63. The molecule has 1 fully saturated rings. The molecule has 1 atom stereocenters. The molecule has 1 unspecified atom stereocenters. The molecule has 0 bridgehead atoms. The van der Waals surface area contributed by atoms with Crippen LogP contribution in [0.4, 0.5) is 0 Å². The van der Waals surface area contributed by atoms with Gasteiger partial charge in [-0.3, -0.25) is 0 Å². The third-order valence-electron chi connectivity index (χ3n) is 4.95. The lowest BCUT2D eigenvalue weighted by Gasteiger charge is -2.28. The topological polar surface area (TPSA) is 80.4 Å². The molecule has 6 nitrogen and oxygen atoms in total. The van der Waals surface area contributed by atoms with E-state index >= 15 is 0 Å². The summed E-state index contributed by atoms with van der Waals surface area (Å²) in [6.45, 7) is 2.58. The van der Waals surface area contributed by atoms with E-state index in [0.717, 1.165) is 55.1 Å². The van der Waals surface area contributed by atoms with Gasteiger partial charge >= 0.3 is 0 Å². The quantitative estimate of drug-likeness (QED) is 0.803. The number of aliphatic hydroxyl groups is 1. The normalized spacial score (nSPS) is 21.9. The Labute approximate surface area is 148 Å². The molecule has 2 aromatic rings. The van der Waals surface area contributed by atoms with Crippen LogP contribution in [0, 0.1) is 0 Å². The van der Waals surface area contributed by atoms with E-state index in [1.54, 1.807) is 7.11 Å². The molecule has 1 heterocycles. The lowest BCUT2D eigenvalue weighted by molar-refractivity contribution is 0.163. The monoisotopic (exact) mass is 345 g/mol. The third kappa shape index (κ3) is 4.58. The van der Waals surface area contributed by atoms with Gasteiger partial charge in [0, 0.05) is 24.9 Å². The van der Waals surface area contributed by atoms with E-state index < -0.39 is 6.10 Å². The number of nitrogens with zero attached hydrogens (tertiary/aromatic N) is 2. The Morgan fingerprint density at radius 1 is 1.32 bits per heavy atom. The second-order valence-corrected chi connectivity index (χ2v) is 6.65. The van der Waals surface area contributed by atoms with Crippen molar-refractivity contribution in [2.24, 2.45) is 0 Å². The minimum atomic E-state index is -0.532. The molecule has 1 aromatic carbocycles. The summed E-state index contributed by atoms with van der Waals surface area (Å²) in [6, 6.07) is 8.01. The van der Waals surface area contributed by atoms with Crippen molar-refractivity contribution in [3.05, 3.63) is 41.5 Å². The van der Waals surface area contributed by atoms with Gasteiger partial charge in [0.15, 0.2) is 5.82 Å². The molecule has 0 spiro atoms. The predicted molar refractivity (Wildman–Crippen MR) is 94.6 cm³/mol. The van der Waals surface area contributed by atoms with Crippen LogP contribution in [0.1, 0.15) is 61.9 Å². The SMILES string of the molecule is CCc1noc(C2CCC(NCC(O)c3cccc(OC)c3)CC2)n1. The number of hydrogen-bond acceptors (Lipinski definition) is 6. The maximum Gasteiger partial charge on any atom is 0.229 e. The molecule has 2 N–H and O–H groups in total. The zero-order valence-corrected chi connectivity index (χ0v) is 14.9. The van der Waals surface area contributed by atoms with Crippen molar-refractivity contribution >= 4 is 0 Å². The summed E-state index contributed by atoms with van der Waals surface area (Å²) < 4.78 is 10.6. The number of nitrogens with one attached hydrogen (secondary N) is 1. The van der Waals surface area contributed by atoms with Crippen molar-refractivity contribution < 1.29 is 14.4 Å². The van der Waals surface area contributed by atoms with E-state index in [0.29, 0.717) is 18.5 Å². The van der Waals surface area contributed by atoms with E-state index in [4.69, 9.17) is 9.26 Å². The highest BCUT2D eigenvalue weighted by Crippen LogP contribution is 2.32. The van der Waals surface area contributed by atoms with Crippen LogP contribution in [0.25, 0.3) is 0 Å². The molecule has 0 amide bonds. The summed E-state index contributed by atoms with van der Waals surface area (Å²) in [5.41, 5.74) is 0.874. The van der Waals surface area contributed by atoms with Crippen LogP contribution >= 0.6 is 0 Å². The average molecular weight is 345 g/mol. The van der Waals surface area contributed by atoms with E-state index in [1.165, 1.54) is 0 Å². The van der Waals surface area contributed by atoms with Crippen LogP contribution < -0.4 is 10.1 Å². The summed E-state index contributed by atoms with van der Waals surface area (Å²) >= 11 is 0. The van der Waals surface area contributed by atoms with Gasteiger partial charge in [-0.05, 0) is 43.4 Å². The molecular weight excluding hydrogens is 318 g/mol. The van der Waals surface area contributed by atoms with Crippen molar-refractivity contribution in [1.29, 1.82) is 0 Å². The molecule has 1 aromatic heterocycles. The zero-order valence-electron chi connectivity index (χ0n) is 14.9. The Morgan fingerprint density at radius 3 is 2.80 bits per heavy atom. The lowest BCUT2D eigenvalue weighted by atomic mass is 9.86. The number of ether oxygens (including phenoxy) is 1. The van der Waals surface area contributed by atoms with Gasteiger partial charge in [-0.1, -0.05) is 24.2 Å². The van der Waals surface area contributed by atoms with Gasteiger partial charge in [0.05, 0.1) is 13.2 Å². The zero-order chi connectivity index (χ0) is 17.6. The molecule has 1 aliphatic carbocycles. The van der Waals surface area contributed by atoms with E-state index in [1.807, 2.05) is 31.2 Å². The minimum absolute atomic E-state index is 0.370. The number of hydrogen-bond donors (Lipinski definition) is 2. The number of aryl methyl sites for hydroxylation is 1. The number of aliphatic hydroxyl groups excluding tert-OH is 1. The van der Waals surface area contributed by atoms with Crippen molar-refractivity contribution in [3.8, 4) is 5.75 Å². The molecule has 0 saturated heterocycles. The van der Waals surface area contributed by atoms with Gasteiger partial charge in [0.25, 0.3) is 0 Å². The summed E-state index contributed by atoms with van der Waals surface area (Å²) in [6.07, 6.45) is 4.47. The van der Waals surface area contributed by atoms with Crippen molar-refractivity contribution in [3.63, 3.8) is 0 Å². The Hall–Kier alpha value is -1.92. The third-order valence-corrected chi connectivity index (χ3v) is 4.95. The standard InChI is InChI=1S/C19H27N3O3/c1-3-18-21-19(25-22-18)13-7-9-15(10-8-13)20-12-17(23)14-5-4-6-16(11-14)24-2/h4-6,11,13,15,17,20,23H,3,7-10,12H2,1-2H3. The van der Waals surface area contributed by atoms with Gasteiger partial charge in [-0.25, -0.2) is 0 Å². The first-order valence-corrected chi connectivity index (χ1v) is 9.07. The van der Waals surface area contributed by atoms with Gasteiger partial charge in [0.1, 0.15) is 5.75 Å². The largest absolute Gasteiger partial charge is 0.497 e. The Balaban J connectivity index is 1.45. The van der Waals surface area contributed by atoms with E-state index in [-0.39, 0.29) is 0 Å². The smallest absolute Gasteiger partial charge is 0.229 e. The molecule has 0 radical (unpaired) electrons. The molecule has 3 rings (SSSR count). The van der Waals surface area contributed by atoms with Gasteiger partial charge in [-0.15, -0.1) is 0 Å². The Bertz CT molecular complexity index is 665. The Morgan fingerprint density at radius 2 is 2.12 bits per heavy atom. The van der Waals surface area contributed by atoms with Crippen LogP contribution in [0.2, 0.25) is 0 Å². The van der Waals surface area contributed by atoms with E-state index in [2.05, 4.69) is 15.5 Å². The summed E-state index contributed by atoms with van der Waals surface area (Å²) in [4.78, 5) is 4.46. The molecule has 6 heteroatoms. The molecular formula is C19H27N3O3. The first-order valence-electron chi connectivity index (χ1n) is 9.07. The maximum atomic E-state index is 10.4. The number of aromatic nitrogens is 2. The Kier molecular flexibility index (Phi) is 6.04. The highest BCUT2D eigenvalue weighted by atomic mass is 16.5. The first kappa shape index (κ1) is 17.9. The van der Waals surface area contributed by atoms with Gasteiger partial charge in [-0.2, -0.15) is 4.98 Å². The van der Waals surface area contributed by atoms with Crippen LogP contribution in [0.3, 0.4) is 0 Å². The number of rotatable bonds is 7. The predicted octanol–water partition coefficient (Wildman–Crippen LogP) is 2.99. The fraction of sp³-hybridized carbons (Fsp3) is 0.579. The molecule has 1 saturated carbocycles. The van der Waals surface area contributed by atoms with Crippen LogP contribution in [-0.2, 0) is 6.42 Å². The second-order valence-electron chi connectivity index (χ2n) is 6.65. The molecule has 1 aliphatic rings. The lowest BCUT2D eigenvalue weighted by Crippen LogP contribution is -2.35. The highest BCUT2D eigenvalue weighted by molar-refractivity contribution is 5.29. The fourth-order valence-corrected chi connectivity index (χ4v) is 3.37. The maximum absolute atomic E-state index is 10.4. The molecule has 136 valence electrons.